The van der Waals surface area contributed by atoms with Crippen molar-refractivity contribution in [2.75, 3.05) is 13.1 Å². The lowest BCUT2D eigenvalue weighted by Crippen LogP contribution is -2.45. The van der Waals surface area contributed by atoms with E-state index in [1.54, 1.807) is 0 Å². The molecule has 1 aliphatic rings. The minimum atomic E-state index is -1.35. The molecule has 4 heteroatoms. The van der Waals surface area contributed by atoms with Gasteiger partial charge in [0.2, 0.25) is 0 Å². The van der Waals surface area contributed by atoms with Gasteiger partial charge in [-0.15, -0.1) is 0 Å². The summed E-state index contributed by atoms with van der Waals surface area (Å²) in [4.78, 5) is 13.2. The van der Waals surface area contributed by atoms with Crippen LogP contribution in [0, 0.1) is 13.8 Å². The summed E-state index contributed by atoms with van der Waals surface area (Å²) in [5.74, 6) is -0.620. The van der Waals surface area contributed by atoms with Crippen LogP contribution >= 0.6 is 0 Å². The quantitative estimate of drug-likeness (QED) is 0.828. The Hall–Kier alpha value is -1.39. The van der Waals surface area contributed by atoms with Crippen LogP contribution in [-0.4, -0.2) is 34.6 Å². The van der Waals surface area contributed by atoms with Crippen molar-refractivity contribution in [3.8, 4) is 0 Å². The molecule has 1 amide bonds. The number of rotatable bonds is 3. The number of β-amino-alcohol motifs (C(OH)–C–C–N with tert-alkyl or cyclic N) is 1. The highest BCUT2D eigenvalue weighted by molar-refractivity contribution is 5.83. The summed E-state index contributed by atoms with van der Waals surface area (Å²) >= 11 is 0. The predicted molar refractivity (Wildman–Crippen MR) is 70.0 cm³/mol. The normalized spacial score (nSPS) is 24.4. The number of likely N-dealkylation sites (tertiary alicyclic amines) is 1. The standard InChI is InChI=1S/C14H20N2O2/c1-10-3-4-12(7-11(10)2)8-16-6-5-14(18,9-16)13(15)17/h3-4,7,18H,5-6,8-9H2,1-2H3,(H2,15,17). The van der Waals surface area contributed by atoms with Crippen molar-refractivity contribution < 1.29 is 9.90 Å². The number of carbonyl (C=O) groups excluding carboxylic acids is 1. The Bertz CT molecular complexity index is 473. The molecule has 1 aliphatic heterocycles. The molecule has 1 aromatic carbocycles. The van der Waals surface area contributed by atoms with E-state index in [9.17, 15) is 9.90 Å². The molecule has 0 aromatic heterocycles. The summed E-state index contributed by atoms with van der Waals surface area (Å²) in [7, 11) is 0. The van der Waals surface area contributed by atoms with Gasteiger partial charge in [-0.2, -0.15) is 0 Å². The van der Waals surface area contributed by atoms with Crippen LogP contribution in [0.1, 0.15) is 23.1 Å². The van der Waals surface area contributed by atoms with E-state index in [0.29, 0.717) is 19.5 Å². The smallest absolute Gasteiger partial charge is 0.250 e. The predicted octanol–water partition coefficient (Wildman–Crippen LogP) is 0.726. The third-order valence-corrected chi connectivity index (χ3v) is 3.76. The Morgan fingerprint density at radius 3 is 2.72 bits per heavy atom. The molecule has 2 rings (SSSR count). The van der Waals surface area contributed by atoms with Crippen LogP contribution in [0.2, 0.25) is 0 Å². The number of carbonyl (C=O) groups is 1. The zero-order valence-electron chi connectivity index (χ0n) is 10.9. The number of hydrogen-bond donors (Lipinski definition) is 2. The largest absolute Gasteiger partial charge is 0.379 e. The molecule has 1 unspecified atom stereocenters. The van der Waals surface area contributed by atoms with Crippen LogP contribution < -0.4 is 5.73 Å². The molecular weight excluding hydrogens is 228 g/mol. The molecule has 3 N–H and O–H groups in total. The Balaban J connectivity index is 2.03. The zero-order valence-corrected chi connectivity index (χ0v) is 10.9. The number of nitrogens with two attached hydrogens (primary N) is 1. The molecule has 0 spiro atoms. The maximum Gasteiger partial charge on any atom is 0.250 e. The molecule has 98 valence electrons. The molecule has 0 aliphatic carbocycles. The molecule has 18 heavy (non-hydrogen) atoms. The number of aliphatic hydroxyl groups is 1. The highest BCUT2D eigenvalue weighted by atomic mass is 16.3. The average Bonchev–Trinajstić information content (AvgIpc) is 2.67. The van der Waals surface area contributed by atoms with Crippen molar-refractivity contribution in [1.82, 2.24) is 4.90 Å². The monoisotopic (exact) mass is 248 g/mol. The van der Waals surface area contributed by atoms with E-state index in [1.807, 2.05) is 0 Å². The number of primary amides is 1. The lowest BCUT2D eigenvalue weighted by Gasteiger charge is -2.20. The van der Waals surface area contributed by atoms with Crippen molar-refractivity contribution in [3.05, 3.63) is 34.9 Å². The van der Waals surface area contributed by atoms with Gasteiger partial charge < -0.3 is 10.8 Å². The van der Waals surface area contributed by atoms with Crippen LogP contribution in [0.5, 0.6) is 0 Å². The molecule has 1 saturated heterocycles. The van der Waals surface area contributed by atoms with Gasteiger partial charge in [-0.05, 0) is 37.0 Å². The van der Waals surface area contributed by atoms with Gasteiger partial charge in [-0.1, -0.05) is 18.2 Å². The fourth-order valence-electron chi connectivity index (χ4n) is 2.37. The van der Waals surface area contributed by atoms with Crippen molar-refractivity contribution in [3.63, 3.8) is 0 Å². The molecule has 1 heterocycles. The molecule has 4 nitrogen and oxygen atoms in total. The molecule has 1 fully saturated rings. The highest BCUT2D eigenvalue weighted by Gasteiger charge is 2.41. The van der Waals surface area contributed by atoms with Crippen LogP contribution in [0.15, 0.2) is 18.2 Å². The average molecular weight is 248 g/mol. The molecule has 0 saturated carbocycles. The Labute approximate surface area is 107 Å². The maximum atomic E-state index is 11.2. The summed E-state index contributed by atoms with van der Waals surface area (Å²) in [6.07, 6.45) is 0.424. The first-order valence-corrected chi connectivity index (χ1v) is 6.21. The van der Waals surface area contributed by atoms with E-state index in [4.69, 9.17) is 5.73 Å². The summed E-state index contributed by atoms with van der Waals surface area (Å²) in [6, 6.07) is 6.34. The summed E-state index contributed by atoms with van der Waals surface area (Å²) in [5.41, 5.74) is 7.60. The second-order valence-corrected chi connectivity index (χ2v) is 5.28. The second kappa shape index (κ2) is 4.71. The van der Waals surface area contributed by atoms with E-state index in [1.165, 1.54) is 16.7 Å². The minimum absolute atomic E-state index is 0.329. The molecule has 0 radical (unpaired) electrons. The van der Waals surface area contributed by atoms with E-state index >= 15 is 0 Å². The van der Waals surface area contributed by atoms with Gasteiger partial charge in [-0.3, -0.25) is 9.69 Å². The van der Waals surface area contributed by atoms with Crippen molar-refractivity contribution in [1.29, 1.82) is 0 Å². The van der Waals surface area contributed by atoms with Gasteiger partial charge in [0.25, 0.3) is 5.91 Å². The molecule has 1 atom stereocenters. The third-order valence-electron chi connectivity index (χ3n) is 3.76. The van der Waals surface area contributed by atoms with Crippen molar-refractivity contribution in [2.45, 2.75) is 32.4 Å². The fourth-order valence-corrected chi connectivity index (χ4v) is 2.37. The number of amides is 1. The van der Waals surface area contributed by atoms with E-state index in [0.717, 1.165) is 6.54 Å². The fraction of sp³-hybridized carbons (Fsp3) is 0.500. The van der Waals surface area contributed by atoms with Crippen LogP contribution in [0.25, 0.3) is 0 Å². The Morgan fingerprint density at radius 1 is 1.44 bits per heavy atom. The molecular formula is C14H20N2O2. The van der Waals surface area contributed by atoms with E-state index in [2.05, 4.69) is 36.9 Å². The minimum Gasteiger partial charge on any atom is -0.379 e. The second-order valence-electron chi connectivity index (χ2n) is 5.28. The third kappa shape index (κ3) is 2.54. The maximum absolute atomic E-state index is 11.2. The Morgan fingerprint density at radius 2 is 2.17 bits per heavy atom. The van der Waals surface area contributed by atoms with Crippen molar-refractivity contribution >= 4 is 5.91 Å². The van der Waals surface area contributed by atoms with Gasteiger partial charge >= 0.3 is 0 Å². The summed E-state index contributed by atoms with van der Waals surface area (Å²) in [5, 5.41) is 10.00. The van der Waals surface area contributed by atoms with Gasteiger partial charge in [0.1, 0.15) is 0 Å². The number of benzene rings is 1. The lowest BCUT2D eigenvalue weighted by atomic mass is 10.0. The summed E-state index contributed by atoms with van der Waals surface area (Å²) < 4.78 is 0. The van der Waals surface area contributed by atoms with Gasteiger partial charge in [0.15, 0.2) is 5.60 Å². The van der Waals surface area contributed by atoms with Gasteiger partial charge in [0.05, 0.1) is 0 Å². The first kappa shape index (κ1) is 13.1. The highest BCUT2D eigenvalue weighted by Crippen LogP contribution is 2.23. The van der Waals surface area contributed by atoms with Crippen LogP contribution in [-0.2, 0) is 11.3 Å². The van der Waals surface area contributed by atoms with E-state index in [-0.39, 0.29) is 0 Å². The zero-order chi connectivity index (χ0) is 13.3. The Kier molecular flexibility index (Phi) is 3.41. The number of nitrogens with zero attached hydrogens (tertiary/aromatic N) is 1. The van der Waals surface area contributed by atoms with Crippen LogP contribution in [0.3, 0.4) is 0 Å². The SMILES string of the molecule is Cc1ccc(CN2CCC(O)(C(N)=O)C2)cc1C. The lowest BCUT2D eigenvalue weighted by molar-refractivity contribution is -0.134. The van der Waals surface area contributed by atoms with Gasteiger partial charge in [0, 0.05) is 19.6 Å². The van der Waals surface area contributed by atoms with Crippen molar-refractivity contribution in [2.24, 2.45) is 5.73 Å². The first-order valence-electron chi connectivity index (χ1n) is 6.21. The number of aryl methyl sites for hydroxylation is 2. The first-order chi connectivity index (χ1) is 8.40. The summed E-state index contributed by atoms with van der Waals surface area (Å²) in [6.45, 7) is 5.95. The molecule has 0 bridgehead atoms. The van der Waals surface area contributed by atoms with Gasteiger partial charge in [-0.25, -0.2) is 0 Å². The van der Waals surface area contributed by atoms with Crippen LogP contribution in [0.4, 0.5) is 0 Å². The van der Waals surface area contributed by atoms with E-state index < -0.39 is 11.5 Å². The molecule has 1 aromatic rings. The topological polar surface area (TPSA) is 66.6 Å². The number of hydrogen-bond acceptors (Lipinski definition) is 3.